The first-order chi connectivity index (χ1) is 4.22. The van der Waals surface area contributed by atoms with E-state index < -0.39 is 18.8 Å². The fraction of sp³-hybridized carbons (Fsp3) is 0.800. The van der Waals surface area contributed by atoms with Gasteiger partial charge in [-0.1, -0.05) is 0 Å². The largest absolute Gasteiger partial charge is 0.468 e. The molecule has 0 unspecified atom stereocenters. The van der Waals surface area contributed by atoms with Crippen molar-refractivity contribution in [3.63, 3.8) is 0 Å². The van der Waals surface area contributed by atoms with E-state index in [-0.39, 0.29) is 0 Å². The number of esters is 1. The zero-order valence-electron chi connectivity index (χ0n) is 5.48. The molecule has 0 aromatic heterocycles. The van der Waals surface area contributed by atoms with Crippen LogP contribution in [0.5, 0.6) is 0 Å². The molecule has 0 amide bonds. The van der Waals surface area contributed by atoms with Gasteiger partial charge in [0.1, 0.15) is 12.8 Å². The molecule has 0 spiro atoms. The minimum Gasteiger partial charge on any atom is -0.468 e. The van der Waals surface area contributed by atoms with E-state index in [1.807, 2.05) is 0 Å². The van der Waals surface area contributed by atoms with Crippen molar-refractivity contribution in [3.8, 4) is 0 Å². The van der Waals surface area contributed by atoms with Crippen LogP contribution in [0.25, 0.3) is 0 Å². The Labute approximate surface area is 53.2 Å². The number of hydrogen-bond donors (Lipinski definition) is 1. The maximum atomic E-state index is 11.4. The van der Waals surface area contributed by atoms with E-state index in [2.05, 4.69) is 10.1 Å². The van der Waals surface area contributed by atoms with Crippen LogP contribution in [0, 0.1) is 0 Å². The summed E-state index contributed by atoms with van der Waals surface area (Å²) >= 11 is 0. The summed E-state index contributed by atoms with van der Waals surface area (Å²) in [5.41, 5.74) is 0. The molecule has 9 heavy (non-hydrogen) atoms. The van der Waals surface area contributed by atoms with Gasteiger partial charge in [0.2, 0.25) is 0 Å². The predicted molar refractivity (Wildman–Crippen MR) is 30.6 cm³/mol. The molecule has 0 rings (SSSR count). The number of hydrogen-bond acceptors (Lipinski definition) is 3. The molecule has 0 aromatic carbocycles. The highest BCUT2D eigenvalue weighted by atomic mass is 19.1. The van der Waals surface area contributed by atoms with E-state index in [0.717, 1.165) is 0 Å². The van der Waals surface area contributed by atoms with Gasteiger partial charge in [0, 0.05) is 0 Å². The van der Waals surface area contributed by atoms with Gasteiger partial charge in [-0.25, -0.2) is 4.39 Å². The summed E-state index contributed by atoms with van der Waals surface area (Å²) < 4.78 is 15.7. The molecule has 0 fully saturated rings. The maximum Gasteiger partial charge on any atom is 0.322 e. The Kier molecular flexibility index (Phi) is 3.96. The van der Waals surface area contributed by atoms with Gasteiger partial charge in [-0.3, -0.25) is 10.1 Å². The SMILES string of the molecule is COC(=O)[C@H](C)NCF. The summed E-state index contributed by atoms with van der Waals surface area (Å²) in [6, 6.07) is -0.556. The molecule has 4 heteroatoms. The average molecular weight is 135 g/mol. The highest BCUT2D eigenvalue weighted by Crippen LogP contribution is 1.83. The monoisotopic (exact) mass is 135 g/mol. The van der Waals surface area contributed by atoms with E-state index in [4.69, 9.17) is 0 Å². The van der Waals surface area contributed by atoms with Crippen molar-refractivity contribution in [1.29, 1.82) is 0 Å². The first-order valence-electron chi connectivity index (χ1n) is 2.59. The smallest absolute Gasteiger partial charge is 0.322 e. The van der Waals surface area contributed by atoms with E-state index in [9.17, 15) is 9.18 Å². The molecule has 0 aromatic rings. The van der Waals surface area contributed by atoms with Crippen molar-refractivity contribution < 1.29 is 13.9 Å². The van der Waals surface area contributed by atoms with Crippen molar-refractivity contribution in [1.82, 2.24) is 5.32 Å². The zero-order chi connectivity index (χ0) is 7.28. The average Bonchev–Trinajstić information content (AvgIpc) is 1.87. The van der Waals surface area contributed by atoms with Crippen molar-refractivity contribution in [2.24, 2.45) is 0 Å². The quantitative estimate of drug-likeness (QED) is 0.439. The van der Waals surface area contributed by atoms with Crippen LogP contribution in [0.2, 0.25) is 0 Å². The van der Waals surface area contributed by atoms with Gasteiger partial charge in [-0.2, -0.15) is 0 Å². The van der Waals surface area contributed by atoms with Crippen LogP contribution in [-0.2, 0) is 9.53 Å². The molecule has 54 valence electrons. The molecule has 0 bridgehead atoms. The predicted octanol–water partition coefficient (Wildman–Crippen LogP) is 0.0645. The summed E-state index contributed by atoms with van der Waals surface area (Å²) in [5.74, 6) is -0.451. The number of nitrogens with one attached hydrogen (secondary N) is 1. The molecule has 0 aliphatic carbocycles. The number of carbonyl (C=O) groups is 1. The van der Waals surface area contributed by atoms with E-state index in [0.29, 0.717) is 0 Å². The Hall–Kier alpha value is -0.640. The van der Waals surface area contributed by atoms with Gasteiger partial charge < -0.3 is 4.74 Å². The van der Waals surface area contributed by atoms with E-state index >= 15 is 0 Å². The Morgan fingerprint density at radius 3 is 2.78 bits per heavy atom. The normalized spacial score (nSPS) is 12.8. The first kappa shape index (κ1) is 8.36. The molecule has 0 saturated heterocycles. The molecule has 0 saturated carbocycles. The van der Waals surface area contributed by atoms with Gasteiger partial charge >= 0.3 is 5.97 Å². The van der Waals surface area contributed by atoms with Gasteiger partial charge in [0.25, 0.3) is 0 Å². The molecule has 0 aliphatic rings. The number of methoxy groups -OCH3 is 1. The van der Waals surface area contributed by atoms with Gasteiger partial charge in [0.05, 0.1) is 7.11 Å². The lowest BCUT2D eigenvalue weighted by atomic mass is 10.4. The summed E-state index contributed by atoms with van der Waals surface area (Å²) in [7, 11) is 1.26. The number of alkyl halides is 1. The standard InChI is InChI=1S/C5H10FNO2/c1-4(7-3-6)5(8)9-2/h4,7H,3H2,1-2H3/t4-/m0/s1. The summed E-state index contributed by atoms with van der Waals surface area (Å²) in [4.78, 5) is 10.5. The van der Waals surface area contributed by atoms with Crippen LogP contribution in [-0.4, -0.2) is 25.9 Å². The van der Waals surface area contributed by atoms with Crippen LogP contribution >= 0.6 is 0 Å². The fourth-order valence-electron chi connectivity index (χ4n) is 0.376. The third kappa shape index (κ3) is 3.03. The second-order valence-corrected chi connectivity index (χ2v) is 1.58. The molecular formula is C5H10FNO2. The first-order valence-corrected chi connectivity index (χ1v) is 2.59. The molecule has 0 aliphatic heterocycles. The molecule has 0 radical (unpaired) electrons. The molecule has 0 heterocycles. The second-order valence-electron chi connectivity index (χ2n) is 1.58. The van der Waals surface area contributed by atoms with Gasteiger partial charge in [-0.15, -0.1) is 0 Å². The zero-order valence-corrected chi connectivity index (χ0v) is 5.48. The van der Waals surface area contributed by atoms with Crippen molar-refractivity contribution in [2.75, 3.05) is 13.9 Å². The highest BCUT2D eigenvalue weighted by Gasteiger charge is 2.10. The number of carbonyl (C=O) groups excluding carboxylic acids is 1. The van der Waals surface area contributed by atoms with Gasteiger partial charge in [0.15, 0.2) is 0 Å². The van der Waals surface area contributed by atoms with Crippen LogP contribution in [0.1, 0.15) is 6.92 Å². The summed E-state index contributed by atoms with van der Waals surface area (Å²) in [5, 5.41) is 2.25. The number of ether oxygens (including phenoxy) is 1. The van der Waals surface area contributed by atoms with Crippen LogP contribution in [0.4, 0.5) is 4.39 Å². The lowest BCUT2D eigenvalue weighted by Crippen LogP contribution is -2.33. The highest BCUT2D eigenvalue weighted by molar-refractivity contribution is 5.74. The van der Waals surface area contributed by atoms with E-state index in [1.165, 1.54) is 14.0 Å². The topological polar surface area (TPSA) is 38.3 Å². The summed E-state index contributed by atoms with van der Waals surface area (Å²) in [6.07, 6.45) is 0. The van der Waals surface area contributed by atoms with E-state index in [1.54, 1.807) is 0 Å². The summed E-state index contributed by atoms with van der Waals surface area (Å²) in [6.45, 7) is 0.821. The van der Waals surface area contributed by atoms with Gasteiger partial charge in [-0.05, 0) is 6.92 Å². The number of rotatable bonds is 3. The van der Waals surface area contributed by atoms with Crippen molar-refractivity contribution in [2.45, 2.75) is 13.0 Å². The third-order valence-corrected chi connectivity index (χ3v) is 0.938. The molecule has 3 nitrogen and oxygen atoms in total. The molecular weight excluding hydrogens is 125 g/mol. The maximum absolute atomic E-state index is 11.4. The Balaban J connectivity index is 3.45. The minimum absolute atomic E-state index is 0.451. The second kappa shape index (κ2) is 4.26. The number of halogens is 1. The Morgan fingerprint density at radius 2 is 2.44 bits per heavy atom. The van der Waals surface area contributed by atoms with Crippen LogP contribution in [0.15, 0.2) is 0 Å². The lowest BCUT2D eigenvalue weighted by Gasteiger charge is -2.06. The Bertz CT molecular complexity index is 97.0. The Morgan fingerprint density at radius 1 is 1.89 bits per heavy atom. The molecule has 1 N–H and O–H groups in total. The molecule has 1 atom stereocenters. The fourth-order valence-corrected chi connectivity index (χ4v) is 0.376. The van der Waals surface area contributed by atoms with Crippen molar-refractivity contribution >= 4 is 5.97 Å². The van der Waals surface area contributed by atoms with Crippen LogP contribution in [0.3, 0.4) is 0 Å². The van der Waals surface area contributed by atoms with Crippen molar-refractivity contribution in [3.05, 3.63) is 0 Å². The lowest BCUT2D eigenvalue weighted by molar-refractivity contribution is -0.142. The minimum atomic E-state index is -0.712. The van der Waals surface area contributed by atoms with Crippen LogP contribution < -0.4 is 5.32 Å². The third-order valence-electron chi connectivity index (χ3n) is 0.938.